The topological polar surface area (TPSA) is 35.5 Å². The second kappa shape index (κ2) is 5.64. The number of esters is 1. The first-order valence-electron chi connectivity index (χ1n) is 7.59. The molecule has 0 spiro atoms. The van der Waals surface area contributed by atoms with Gasteiger partial charge in [-0.2, -0.15) is 0 Å². The Balaban J connectivity index is 1.90. The van der Waals surface area contributed by atoms with Crippen LogP contribution in [0, 0.1) is 5.92 Å². The second-order valence-electron chi connectivity index (χ2n) is 6.17. The number of benzene rings is 1. The minimum absolute atomic E-state index is 0.0158. The first-order chi connectivity index (χ1) is 10.1. The van der Waals surface area contributed by atoms with Crippen LogP contribution >= 0.6 is 0 Å². The smallest absolute Gasteiger partial charge is 0.311 e. The van der Waals surface area contributed by atoms with Crippen LogP contribution in [-0.4, -0.2) is 25.3 Å². The highest BCUT2D eigenvalue weighted by Crippen LogP contribution is 2.45. The number of methoxy groups -OCH3 is 1. The molecular formula is C18H22O3. The molecule has 2 heterocycles. The van der Waals surface area contributed by atoms with Gasteiger partial charge in [0.2, 0.25) is 0 Å². The molecule has 2 bridgehead atoms. The minimum atomic E-state index is -0.176. The molecule has 2 saturated heterocycles. The van der Waals surface area contributed by atoms with Crippen molar-refractivity contribution >= 4 is 11.5 Å². The second-order valence-corrected chi connectivity index (χ2v) is 6.17. The lowest BCUT2D eigenvalue weighted by atomic mass is 9.79. The van der Waals surface area contributed by atoms with Gasteiger partial charge in [0.15, 0.2) is 0 Å². The third kappa shape index (κ3) is 2.62. The van der Waals surface area contributed by atoms with E-state index in [0.717, 1.165) is 30.4 Å². The molecule has 0 N–H and O–H groups in total. The van der Waals surface area contributed by atoms with E-state index in [4.69, 9.17) is 9.47 Å². The molecule has 0 radical (unpaired) electrons. The fraction of sp³-hybridized carbons (Fsp3) is 0.500. The number of carbonyl (C=O) groups is 1. The van der Waals surface area contributed by atoms with E-state index in [9.17, 15) is 4.79 Å². The quantitative estimate of drug-likeness (QED) is 0.797. The van der Waals surface area contributed by atoms with Crippen LogP contribution in [0.1, 0.15) is 43.2 Å². The van der Waals surface area contributed by atoms with E-state index in [1.165, 1.54) is 12.7 Å². The molecule has 0 amide bonds. The van der Waals surface area contributed by atoms with Crippen LogP contribution in [0.2, 0.25) is 0 Å². The summed E-state index contributed by atoms with van der Waals surface area (Å²) >= 11 is 0. The van der Waals surface area contributed by atoms with Crippen LogP contribution in [0.3, 0.4) is 0 Å². The normalized spacial score (nSPS) is 31.0. The predicted octanol–water partition coefficient (Wildman–Crippen LogP) is 3.54. The van der Waals surface area contributed by atoms with E-state index in [-0.39, 0.29) is 23.9 Å². The van der Waals surface area contributed by atoms with Crippen molar-refractivity contribution in [1.82, 2.24) is 0 Å². The zero-order valence-electron chi connectivity index (χ0n) is 12.7. The third-order valence-corrected chi connectivity index (χ3v) is 4.80. The maximum Gasteiger partial charge on any atom is 0.311 e. The number of fused-ring (bicyclic) bond motifs is 2. The van der Waals surface area contributed by atoms with Gasteiger partial charge in [-0.1, -0.05) is 36.4 Å². The Kier molecular flexibility index (Phi) is 3.85. The number of ether oxygens (including phenoxy) is 2. The molecule has 0 aliphatic carbocycles. The van der Waals surface area contributed by atoms with E-state index < -0.39 is 0 Å². The third-order valence-electron chi connectivity index (χ3n) is 4.80. The standard InChI is InChI=1S/C18H22O3/c1-11(2)12-4-6-13(7-5-12)15-10-14-8-9-16(21-14)17(15)18(19)20-3/h4-7,14-17H,1,8-10H2,2-3H3/t14?,15?,16-,17?/m0/s1. The summed E-state index contributed by atoms with van der Waals surface area (Å²) in [4.78, 5) is 12.2. The fourth-order valence-corrected chi connectivity index (χ4v) is 3.67. The zero-order valence-corrected chi connectivity index (χ0v) is 12.7. The summed E-state index contributed by atoms with van der Waals surface area (Å²) in [6.45, 7) is 5.96. The van der Waals surface area contributed by atoms with Gasteiger partial charge >= 0.3 is 5.97 Å². The summed E-state index contributed by atoms with van der Waals surface area (Å²) in [6, 6.07) is 8.41. The number of allylic oxidation sites excluding steroid dienone is 1. The molecule has 21 heavy (non-hydrogen) atoms. The summed E-state index contributed by atoms with van der Waals surface area (Å²) in [5.41, 5.74) is 3.40. The molecule has 3 nitrogen and oxygen atoms in total. The van der Waals surface area contributed by atoms with Crippen molar-refractivity contribution in [3.05, 3.63) is 42.0 Å². The van der Waals surface area contributed by atoms with Gasteiger partial charge in [0.05, 0.1) is 25.2 Å². The fourth-order valence-electron chi connectivity index (χ4n) is 3.67. The molecule has 0 aromatic heterocycles. The Morgan fingerprint density at radius 1 is 1.29 bits per heavy atom. The van der Waals surface area contributed by atoms with Crippen molar-refractivity contribution < 1.29 is 14.3 Å². The van der Waals surface area contributed by atoms with Crippen LogP contribution in [0.25, 0.3) is 5.57 Å². The van der Waals surface area contributed by atoms with Crippen molar-refractivity contribution in [2.75, 3.05) is 7.11 Å². The molecular weight excluding hydrogens is 264 g/mol. The average molecular weight is 286 g/mol. The number of hydrogen-bond donors (Lipinski definition) is 0. The molecule has 2 aliphatic heterocycles. The summed E-state index contributed by atoms with van der Waals surface area (Å²) in [6.07, 6.45) is 3.23. The summed E-state index contributed by atoms with van der Waals surface area (Å²) < 4.78 is 11.0. The van der Waals surface area contributed by atoms with Gasteiger partial charge in [-0.25, -0.2) is 0 Å². The molecule has 3 unspecified atom stereocenters. The predicted molar refractivity (Wildman–Crippen MR) is 81.9 cm³/mol. The van der Waals surface area contributed by atoms with Gasteiger partial charge in [0.1, 0.15) is 0 Å². The van der Waals surface area contributed by atoms with Crippen molar-refractivity contribution in [2.45, 2.75) is 44.3 Å². The van der Waals surface area contributed by atoms with Gasteiger partial charge in [-0.05, 0) is 37.3 Å². The van der Waals surface area contributed by atoms with Gasteiger partial charge in [-0.3, -0.25) is 4.79 Å². The Morgan fingerprint density at radius 3 is 2.62 bits per heavy atom. The van der Waals surface area contributed by atoms with Crippen LogP contribution in [0.15, 0.2) is 30.8 Å². The van der Waals surface area contributed by atoms with Gasteiger partial charge in [0, 0.05) is 5.92 Å². The van der Waals surface area contributed by atoms with E-state index in [1.54, 1.807) is 0 Å². The van der Waals surface area contributed by atoms with Crippen molar-refractivity contribution in [3.63, 3.8) is 0 Å². The molecule has 0 saturated carbocycles. The largest absolute Gasteiger partial charge is 0.469 e. The molecule has 3 heteroatoms. The van der Waals surface area contributed by atoms with Gasteiger partial charge in [-0.15, -0.1) is 0 Å². The minimum Gasteiger partial charge on any atom is -0.469 e. The summed E-state index contributed by atoms with van der Waals surface area (Å²) in [5, 5.41) is 0. The van der Waals surface area contributed by atoms with Crippen LogP contribution in [0.4, 0.5) is 0 Å². The summed E-state index contributed by atoms with van der Waals surface area (Å²) in [5.74, 6) is -0.123. The maximum absolute atomic E-state index is 12.2. The molecule has 4 atom stereocenters. The lowest BCUT2D eigenvalue weighted by Crippen LogP contribution is -2.39. The lowest BCUT2D eigenvalue weighted by Gasteiger charge is -2.35. The van der Waals surface area contributed by atoms with Crippen LogP contribution in [-0.2, 0) is 14.3 Å². The molecule has 112 valence electrons. The Morgan fingerprint density at radius 2 is 2.00 bits per heavy atom. The zero-order chi connectivity index (χ0) is 15.0. The molecule has 3 rings (SSSR count). The highest BCUT2D eigenvalue weighted by molar-refractivity contribution is 5.75. The van der Waals surface area contributed by atoms with Crippen molar-refractivity contribution in [2.24, 2.45) is 5.92 Å². The average Bonchev–Trinajstić information content (AvgIpc) is 2.88. The van der Waals surface area contributed by atoms with Gasteiger partial charge < -0.3 is 9.47 Å². The molecule has 2 fully saturated rings. The van der Waals surface area contributed by atoms with E-state index in [2.05, 4.69) is 30.8 Å². The van der Waals surface area contributed by atoms with E-state index in [0.29, 0.717) is 6.10 Å². The van der Waals surface area contributed by atoms with Crippen molar-refractivity contribution in [1.29, 1.82) is 0 Å². The monoisotopic (exact) mass is 286 g/mol. The Hall–Kier alpha value is -1.61. The van der Waals surface area contributed by atoms with Gasteiger partial charge in [0.25, 0.3) is 0 Å². The Bertz CT molecular complexity index is 546. The maximum atomic E-state index is 12.2. The summed E-state index contributed by atoms with van der Waals surface area (Å²) in [7, 11) is 1.46. The lowest BCUT2D eigenvalue weighted by molar-refractivity contribution is -0.156. The molecule has 1 aromatic carbocycles. The van der Waals surface area contributed by atoms with E-state index >= 15 is 0 Å². The number of carbonyl (C=O) groups excluding carboxylic acids is 1. The highest BCUT2D eigenvalue weighted by atomic mass is 16.5. The van der Waals surface area contributed by atoms with Crippen LogP contribution in [0.5, 0.6) is 0 Å². The highest BCUT2D eigenvalue weighted by Gasteiger charge is 2.47. The SMILES string of the molecule is C=C(C)c1ccc(C2CC3CC[C@H](O3)C2C(=O)OC)cc1. The first-order valence-corrected chi connectivity index (χ1v) is 7.59. The first kappa shape index (κ1) is 14.3. The van der Waals surface area contributed by atoms with E-state index in [1.807, 2.05) is 6.92 Å². The number of rotatable bonds is 3. The Labute approximate surface area is 125 Å². The number of hydrogen-bond acceptors (Lipinski definition) is 3. The van der Waals surface area contributed by atoms with Crippen molar-refractivity contribution in [3.8, 4) is 0 Å². The molecule has 1 aromatic rings. The van der Waals surface area contributed by atoms with Crippen LogP contribution < -0.4 is 0 Å². The molecule has 2 aliphatic rings.